The van der Waals surface area contributed by atoms with Gasteiger partial charge in [0, 0.05) is 65.3 Å². The average molecular weight is 434 g/mol. The van der Waals surface area contributed by atoms with E-state index in [1.165, 1.54) is 17.7 Å². The Labute approximate surface area is 182 Å². The molecule has 4 aromatic rings. The van der Waals surface area contributed by atoms with Crippen molar-refractivity contribution in [3.63, 3.8) is 0 Å². The summed E-state index contributed by atoms with van der Waals surface area (Å²) in [5, 5.41) is 2.00. The highest BCUT2D eigenvalue weighted by atomic mass is 32.2. The summed E-state index contributed by atoms with van der Waals surface area (Å²) in [7, 11) is -1.47. The normalized spacial score (nSPS) is 21.4. The zero-order valence-corrected chi connectivity index (χ0v) is 18.9. The molecule has 1 N–H and O–H groups in total. The third-order valence-electron chi connectivity index (χ3n) is 7.39. The van der Waals surface area contributed by atoms with E-state index in [1.54, 1.807) is 18.2 Å². The van der Waals surface area contributed by atoms with Crippen LogP contribution in [-0.4, -0.2) is 35.0 Å². The Balaban J connectivity index is 1.53. The molecule has 2 bridgehead atoms. The minimum Gasteiger partial charge on any atom is -0.361 e. The predicted molar refractivity (Wildman–Crippen MR) is 123 cm³/mol. The molecule has 0 aliphatic carbocycles. The van der Waals surface area contributed by atoms with Gasteiger partial charge in [0.15, 0.2) is 0 Å². The van der Waals surface area contributed by atoms with Crippen LogP contribution in [0.5, 0.6) is 0 Å². The molecule has 2 aromatic carbocycles. The Morgan fingerprint density at radius 1 is 1.03 bits per heavy atom. The Morgan fingerprint density at radius 3 is 2.61 bits per heavy atom. The van der Waals surface area contributed by atoms with Crippen molar-refractivity contribution < 1.29 is 8.42 Å². The summed E-state index contributed by atoms with van der Waals surface area (Å²) in [5.74, 6) is 0. The lowest BCUT2D eigenvalue weighted by molar-refractivity contribution is 0.134. The molecule has 0 amide bonds. The largest absolute Gasteiger partial charge is 0.361 e. The van der Waals surface area contributed by atoms with E-state index in [-0.39, 0.29) is 0 Å². The van der Waals surface area contributed by atoms with Gasteiger partial charge in [0.25, 0.3) is 0 Å². The van der Waals surface area contributed by atoms with Crippen molar-refractivity contribution in [2.45, 2.75) is 61.0 Å². The minimum absolute atomic E-state index is 0.341. The minimum atomic E-state index is -3.60. The van der Waals surface area contributed by atoms with Crippen LogP contribution in [0, 0.1) is 0 Å². The van der Waals surface area contributed by atoms with Crippen LogP contribution in [-0.2, 0) is 23.3 Å². The maximum atomic E-state index is 13.5. The number of aromatic amines is 1. The summed E-state index contributed by atoms with van der Waals surface area (Å²) in [4.78, 5) is 6.48. The molecular weight excluding hydrogens is 406 g/mol. The van der Waals surface area contributed by atoms with Crippen molar-refractivity contribution in [2.24, 2.45) is 7.05 Å². The molecule has 2 aliphatic heterocycles. The Hall–Kier alpha value is -2.57. The number of nitrogens with zero attached hydrogens (tertiary/aromatic N) is 2. The van der Waals surface area contributed by atoms with Crippen molar-refractivity contribution in [3.05, 3.63) is 59.9 Å². The molecule has 1 fully saturated rings. The van der Waals surface area contributed by atoms with Crippen LogP contribution >= 0.6 is 0 Å². The van der Waals surface area contributed by atoms with Crippen LogP contribution in [0.2, 0.25) is 0 Å². The highest BCUT2D eigenvalue weighted by molar-refractivity contribution is 7.91. The Bertz CT molecular complexity index is 1440. The van der Waals surface area contributed by atoms with Crippen molar-refractivity contribution in [2.75, 3.05) is 0 Å². The number of aromatic nitrogens is 2. The van der Waals surface area contributed by atoms with Gasteiger partial charge in [-0.2, -0.15) is 0 Å². The number of sulfone groups is 1. The molecule has 2 aliphatic rings. The monoisotopic (exact) mass is 433 g/mol. The number of nitrogens with one attached hydrogen (secondary N) is 1. The molecule has 2 atom stereocenters. The van der Waals surface area contributed by atoms with E-state index in [2.05, 4.69) is 35.3 Å². The molecule has 6 heteroatoms. The fourth-order valence-corrected chi connectivity index (χ4v) is 7.36. The lowest BCUT2D eigenvalue weighted by Gasteiger charge is -2.38. The first kappa shape index (κ1) is 19.1. The standard InChI is InChI=1S/C25H27N3O2S/c1-15(2)28-17-4-8-23(28)25-20-14-19(6-9-22(20)27(3)24(25)13-17)31(29,30)18-5-7-21-16(12-18)10-11-26-21/h5-7,9-12,14-15,17,23,26H,4,8,13H2,1-3H3. The maximum Gasteiger partial charge on any atom is 0.206 e. The number of fused-ring (bicyclic) bond motifs is 7. The Morgan fingerprint density at radius 2 is 1.81 bits per heavy atom. The first-order valence-corrected chi connectivity index (χ1v) is 12.6. The number of H-pyrrole nitrogens is 1. The van der Waals surface area contributed by atoms with Crippen LogP contribution in [0.15, 0.2) is 58.5 Å². The van der Waals surface area contributed by atoms with Crippen LogP contribution in [0.4, 0.5) is 0 Å². The number of aryl methyl sites for hydroxylation is 1. The van der Waals surface area contributed by atoms with Crippen LogP contribution < -0.4 is 0 Å². The van der Waals surface area contributed by atoms with Gasteiger partial charge in [0.1, 0.15) is 0 Å². The zero-order chi connectivity index (χ0) is 21.5. The lowest BCUT2D eigenvalue weighted by Crippen LogP contribution is -2.42. The average Bonchev–Trinajstić information content (AvgIpc) is 3.42. The van der Waals surface area contributed by atoms with Gasteiger partial charge in [-0.25, -0.2) is 8.42 Å². The van der Waals surface area contributed by atoms with Crippen molar-refractivity contribution in [1.82, 2.24) is 14.5 Å². The predicted octanol–water partition coefficient (Wildman–Crippen LogP) is 4.96. The number of rotatable bonds is 3. The number of benzene rings is 2. The smallest absolute Gasteiger partial charge is 0.206 e. The van der Waals surface area contributed by atoms with Crippen molar-refractivity contribution in [1.29, 1.82) is 0 Å². The summed E-state index contributed by atoms with van der Waals surface area (Å²) in [5.41, 5.74) is 4.79. The molecule has 0 radical (unpaired) electrons. The first-order chi connectivity index (χ1) is 14.9. The van der Waals surface area contributed by atoms with Gasteiger partial charge in [0.05, 0.1) is 9.79 Å². The van der Waals surface area contributed by atoms with E-state index < -0.39 is 9.84 Å². The van der Waals surface area contributed by atoms with Gasteiger partial charge in [-0.05, 0) is 74.7 Å². The fraction of sp³-hybridized carbons (Fsp3) is 0.360. The quantitative estimate of drug-likeness (QED) is 0.497. The van der Waals surface area contributed by atoms with Gasteiger partial charge in [-0.1, -0.05) is 0 Å². The van der Waals surface area contributed by atoms with E-state index in [0.717, 1.165) is 34.6 Å². The molecule has 0 spiro atoms. The lowest BCUT2D eigenvalue weighted by atomic mass is 9.95. The number of hydrogen-bond donors (Lipinski definition) is 1. The van der Waals surface area contributed by atoms with Crippen molar-refractivity contribution in [3.8, 4) is 0 Å². The van der Waals surface area contributed by atoms with Gasteiger partial charge in [-0.3, -0.25) is 4.90 Å². The van der Waals surface area contributed by atoms with Crippen molar-refractivity contribution >= 4 is 31.6 Å². The maximum absolute atomic E-state index is 13.5. The first-order valence-electron chi connectivity index (χ1n) is 11.1. The second kappa shape index (κ2) is 6.47. The van der Waals surface area contributed by atoms with Gasteiger partial charge in [0.2, 0.25) is 9.84 Å². The third-order valence-corrected chi connectivity index (χ3v) is 9.14. The molecule has 0 saturated carbocycles. The third kappa shape index (κ3) is 2.61. The molecule has 4 heterocycles. The van der Waals surface area contributed by atoms with Crippen LogP contribution in [0.25, 0.3) is 21.8 Å². The fourth-order valence-electron chi connectivity index (χ4n) is 6.03. The van der Waals surface area contributed by atoms with E-state index in [9.17, 15) is 8.42 Å². The molecule has 1 saturated heterocycles. The van der Waals surface area contributed by atoms with E-state index in [1.807, 2.05) is 30.5 Å². The molecular formula is C25H27N3O2S. The summed E-state index contributed by atoms with van der Waals surface area (Å²) >= 11 is 0. The van der Waals surface area contributed by atoms with Gasteiger partial charge in [-0.15, -0.1) is 0 Å². The zero-order valence-electron chi connectivity index (χ0n) is 18.1. The molecule has 2 unspecified atom stereocenters. The molecule has 6 rings (SSSR count). The molecule has 160 valence electrons. The van der Waals surface area contributed by atoms with Crippen LogP contribution in [0.1, 0.15) is 44.0 Å². The van der Waals surface area contributed by atoms with E-state index >= 15 is 0 Å². The Kier molecular flexibility index (Phi) is 3.99. The number of hydrogen-bond acceptors (Lipinski definition) is 3. The molecule has 2 aromatic heterocycles. The van der Waals surface area contributed by atoms with E-state index in [4.69, 9.17) is 0 Å². The van der Waals surface area contributed by atoms with E-state index in [0.29, 0.717) is 27.9 Å². The van der Waals surface area contributed by atoms with Crippen LogP contribution in [0.3, 0.4) is 0 Å². The van der Waals surface area contributed by atoms with Gasteiger partial charge >= 0.3 is 0 Å². The highest BCUT2D eigenvalue weighted by Gasteiger charge is 2.43. The second-order valence-electron chi connectivity index (χ2n) is 9.32. The summed E-state index contributed by atoms with van der Waals surface area (Å²) in [6.07, 6.45) is 5.24. The second-order valence-corrected chi connectivity index (χ2v) is 11.3. The summed E-state index contributed by atoms with van der Waals surface area (Å²) in [6.45, 7) is 4.54. The van der Waals surface area contributed by atoms with Gasteiger partial charge < -0.3 is 9.55 Å². The SMILES string of the molecule is CC(C)N1C2CCC1c1c(n(C)c3ccc(S(=O)(=O)c4ccc5[nH]ccc5c4)cc13)C2. The topological polar surface area (TPSA) is 58.1 Å². The molecule has 5 nitrogen and oxygen atoms in total. The summed E-state index contributed by atoms with van der Waals surface area (Å²) < 4.78 is 29.3. The summed E-state index contributed by atoms with van der Waals surface area (Å²) in [6, 6.07) is 14.3. The molecule has 31 heavy (non-hydrogen) atoms. The highest BCUT2D eigenvalue weighted by Crippen LogP contribution is 2.48.